The molecule has 0 aliphatic rings. The third kappa shape index (κ3) is 2.47. The molecule has 0 aromatic carbocycles. The van der Waals surface area contributed by atoms with Crippen LogP contribution in [-0.4, -0.2) is 25.9 Å². The number of aryl methyl sites for hydroxylation is 1. The lowest BCUT2D eigenvalue weighted by Crippen LogP contribution is -2.19. The van der Waals surface area contributed by atoms with E-state index in [0.717, 1.165) is 0 Å². The standard InChI is InChI=1S/C15H16N4O2/c1-5-7-16-11(6-2)12-13-15(21)18(4)8-9-19(13)14(17-12)10(3)20/h5-9H,1H2,2-4H3/b11-6-,16-7?. The first-order valence-corrected chi connectivity index (χ1v) is 6.41. The van der Waals surface area contributed by atoms with Crippen LogP contribution >= 0.6 is 0 Å². The van der Waals surface area contributed by atoms with E-state index in [0.29, 0.717) is 16.9 Å². The Bertz CT molecular complexity index is 837. The lowest BCUT2D eigenvalue weighted by molar-refractivity contribution is 0.100. The predicted octanol–water partition coefficient (Wildman–Crippen LogP) is 1.85. The summed E-state index contributed by atoms with van der Waals surface area (Å²) in [6.45, 7) is 6.77. The number of carbonyl (C=O) groups excluding carboxylic acids is 1. The van der Waals surface area contributed by atoms with Crippen LogP contribution in [0.4, 0.5) is 0 Å². The topological polar surface area (TPSA) is 68.7 Å². The summed E-state index contributed by atoms with van der Waals surface area (Å²) in [6, 6.07) is 0. The Morgan fingerprint density at radius 2 is 2.14 bits per heavy atom. The van der Waals surface area contributed by atoms with Crippen LogP contribution in [0.1, 0.15) is 30.2 Å². The summed E-state index contributed by atoms with van der Waals surface area (Å²) >= 11 is 0. The second-order valence-corrected chi connectivity index (χ2v) is 4.46. The molecular formula is C15H16N4O2. The minimum atomic E-state index is -0.236. The minimum Gasteiger partial charge on any atom is -0.315 e. The molecule has 0 aliphatic heterocycles. The van der Waals surface area contributed by atoms with E-state index in [9.17, 15) is 9.59 Å². The number of carbonyl (C=O) groups is 1. The van der Waals surface area contributed by atoms with Gasteiger partial charge in [0, 0.05) is 32.6 Å². The van der Waals surface area contributed by atoms with E-state index in [2.05, 4.69) is 16.6 Å². The monoisotopic (exact) mass is 284 g/mol. The molecule has 0 amide bonds. The van der Waals surface area contributed by atoms with Gasteiger partial charge in [0.1, 0.15) is 11.2 Å². The molecule has 0 unspecified atom stereocenters. The molecule has 0 radical (unpaired) electrons. The van der Waals surface area contributed by atoms with Gasteiger partial charge < -0.3 is 4.57 Å². The van der Waals surface area contributed by atoms with Gasteiger partial charge in [0.2, 0.25) is 0 Å². The van der Waals surface area contributed by atoms with Crippen molar-refractivity contribution in [3.8, 4) is 0 Å². The van der Waals surface area contributed by atoms with Crippen molar-refractivity contribution in [2.45, 2.75) is 13.8 Å². The van der Waals surface area contributed by atoms with Gasteiger partial charge in [-0.1, -0.05) is 18.7 Å². The molecular weight excluding hydrogens is 268 g/mol. The fraction of sp³-hybridized carbons (Fsp3) is 0.200. The lowest BCUT2D eigenvalue weighted by Gasteiger charge is -2.01. The molecule has 0 fully saturated rings. The van der Waals surface area contributed by atoms with Gasteiger partial charge in [-0.05, 0) is 6.92 Å². The number of Topliss-reactive ketones (excluding diaryl/α,β-unsaturated/α-hetero) is 1. The van der Waals surface area contributed by atoms with Crippen molar-refractivity contribution in [2.24, 2.45) is 12.0 Å². The number of imidazole rings is 1. The van der Waals surface area contributed by atoms with Gasteiger partial charge in [-0.15, -0.1) is 0 Å². The Balaban J connectivity index is 2.89. The highest BCUT2D eigenvalue weighted by molar-refractivity contribution is 5.94. The van der Waals surface area contributed by atoms with Crippen LogP contribution in [0.5, 0.6) is 0 Å². The van der Waals surface area contributed by atoms with Gasteiger partial charge in [-0.25, -0.2) is 4.98 Å². The number of ketones is 1. The van der Waals surface area contributed by atoms with Crippen LogP contribution in [0.25, 0.3) is 11.2 Å². The highest BCUT2D eigenvalue weighted by atomic mass is 16.1. The summed E-state index contributed by atoms with van der Waals surface area (Å²) in [5.41, 5.74) is 1.00. The first-order valence-electron chi connectivity index (χ1n) is 6.41. The number of rotatable bonds is 4. The van der Waals surface area contributed by atoms with Crippen molar-refractivity contribution in [3.63, 3.8) is 0 Å². The Labute approximate surface area is 121 Å². The first kappa shape index (κ1) is 14.6. The summed E-state index contributed by atoms with van der Waals surface area (Å²) in [4.78, 5) is 32.6. The van der Waals surface area contributed by atoms with Crippen LogP contribution in [0.2, 0.25) is 0 Å². The fourth-order valence-corrected chi connectivity index (χ4v) is 2.02. The highest BCUT2D eigenvalue weighted by Crippen LogP contribution is 2.20. The van der Waals surface area contributed by atoms with Crippen LogP contribution in [-0.2, 0) is 7.05 Å². The average molecular weight is 284 g/mol. The molecule has 0 atom stereocenters. The quantitative estimate of drug-likeness (QED) is 0.635. The van der Waals surface area contributed by atoms with E-state index in [1.165, 1.54) is 28.2 Å². The molecule has 0 saturated carbocycles. The van der Waals surface area contributed by atoms with Crippen LogP contribution < -0.4 is 5.56 Å². The van der Waals surface area contributed by atoms with Gasteiger partial charge in [0.05, 0.1) is 5.70 Å². The van der Waals surface area contributed by atoms with E-state index < -0.39 is 0 Å². The Morgan fingerprint density at radius 3 is 2.71 bits per heavy atom. The predicted molar refractivity (Wildman–Crippen MR) is 82.8 cm³/mol. The van der Waals surface area contributed by atoms with E-state index >= 15 is 0 Å². The van der Waals surface area contributed by atoms with Crippen molar-refractivity contribution in [2.75, 3.05) is 0 Å². The maximum absolute atomic E-state index is 12.4. The van der Waals surface area contributed by atoms with E-state index in [4.69, 9.17) is 0 Å². The zero-order valence-electron chi connectivity index (χ0n) is 12.2. The lowest BCUT2D eigenvalue weighted by atomic mass is 10.3. The Kier molecular flexibility index (Phi) is 3.98. The molecule has 0 spiro atoms. The zero-order valence-corrected chi connectivity index (χ0v) is 12.2. The van der Waals surface area contributed by atoms with E-state index in [1.807, 2.05) is 0 Å². The van der Waals surface area contributed by atoms with Gasteiger partial charge in [0.25, 0.3) is 5.56 Å². The summed E-state index contributed by atoms with van der Waals surface area (Å²) in [5, 5.41) is 0. The molecule has 0 N–H and O–H groups in total. The SMILES string of the molecule is C=CC=N/C(=C\C)c1nc(C(C)=O)n2ccn(C)c(=O)c12. The molecule has 6 heteroatoms. The Morgan fingerprint density at radius 1 is 1.43 bits per heavy atom. The number of hydrogen-bond acceptors (Lipinski definition) is 4. The molecule has 0 bridgehead atoms. The fourth-order valence-electron chi connectivity index (χ4n) is 2.02. The minimum absolute atomic E-state index is 0.214. The van der Waals surface area contributed by atoms with Crippen molar-refractivity contribution in [1.82, 2.24) is 14.0 Å². The molecule has 2 aromatic rings. The summed E-state index contributed by atoms with van der Waals surface area (Å²) in [7, 11) is 1.65. The second kappa shape index (κ2) is 5.70. The summed E-state index contributed by atoms with van der Waals surface area (Å²) < 4.78 is 2.95. The summed E-state index contributed by atoms with van der Waals surface area (Å²) in [6.07, 6.45) is 8.02. The highest BCUT2D eigenvalue weighted by Gasteiger charge is 2.19. The number of allylic oxidation sites excluding steroid dienone is 2. The van der Waals surface area contributed by atoms with Gasteiger partial charge >= 0.3 is 0 Å². The van der Waals surface area contributed by atoms with Crippen LogP contribution in [0.15, 0.2) is 40.9 Å². The third-order valence-electron chi connectivity index (χ3n) is 3.02. The number of hydrogen-bond donors (Lipinski definition) is 0. The molecule has 0 aliphatic carbocycles. The van der Waals surface area contributed by atoms with Crippen molar-refractivity contribution >= 4 is 23.2 Å². The molecule has 21 heavy (non-hydrogen) atoms. The molecule has 6 nitrogen and oxygen atoms in total. The number of nitrogens with zero attached hydrogens (tertiary/aromatic N) is 4. The first-order chi connectivity index (χ1) is 10.0. The van der Waals surface area contributed by atoms with Crippen molar-refractivity contribution in [1.29, 1.82) is 0 Å². The van der Waals surface area contributed by atoms with Gasteiger partial charge in [0.15, 0.2) is 11.6 Å². The van der Waals surface area contributed by atoms with Crippen molar-refractivity contribution < 1.29 is 4.79 Å². The maximum atomic E-state index is 12.4. The largest absolute Gasteiger partial charge is 0.315 e. The maximum Gasteiger partial charge on any atom is 0.276 e. The van der Waals surface area contributed by atoms with Gasteiger partial charge in [-0.3, -0.25) is 19.0 Å². The average Bonchev–Trinajstić information content (AvgIpc) is 2.84. The molecule has 2 aromatic heterocycles. The van der Waals surface area contributed by atoms with E-state index in [-0.39, 0.29) is 17.2 Å². The third-order valence-corrected chi connectivity index (χ3v) is 3.02. The van der Waals surface area contributed by atoms with Gasteiger partial charge in [-0.2, -0.15) is 0 Å². The molecule has 2 heterocycles. The summed E-state index contributed by atoms with van der Waals surface area (Å²) in [5.74, 6) is -0.00138. The Hall–Kier alpha value is -2.76. The van der Waals surface area contributed by atoms with E-state index in [1.54, 1.807) is 32.4 Å². The molecule has 108 valence electrons. The number of aliphatic imine (C=N–C) groups is 1. The number of aromatic nitrogens is 3. The molecule has 2 rings (SSSR count). The second-order valence-electron chi connectivity index (χ2n) is 4.46. The smallest absolute Gasteiger partial charge is 0.276 e. The zero-order chi connectivity index (χ0) is 15.6. The normalized spacial score (nSPS) is 12.2. The molecule has 0 saturated heterocycles. The van der Waals surface area contributed by atoms with Crippen molar-refractivity contribution in [3.05, 3.63) is 53.0 Å². The number of fused-ring (bicyclic) bond motifs is 1. The van der Waals surface area contributed by atoms with Crippen LogP contribution in [0, 0.1) is 0 Å². The van der Waals surface area contributed by atoms with Crippen LogP contribution in [0.3, 0.4) is 0 Å².